The average molecular weight is 389 g/mol. The number of para-hydroxylation sites is 2. The van der Waals surface area contributed by atoms with Crippen LogP contribution in [0.4, 0.5) is 18.9 Å². The number of anilines is 1. The van der Waals surface area contributed by atoms with Gasteiger partial charge in [-0.1, -0.05) is 29.8 Å². The highest BCUT2D eigenvalue weighted by Crippen LogP contribution is 2.35. The Balaban J connectivity index is 2.01. The third kappa shape index (κ3) is 5.51. The van der Waals surface area contributed by atoms with E-state index < -0.39 is 11.7 Å². The number of hydrogen-bond acceptors (Lipinski definition) is 2. The largest absolute Gasteiger partial charge is 0.492 e. The van der Waals surface area contributed by atoms with Crippen molar-refractivity contribution < 1.29 is 17.9 Å². The first-order chi connectivity index (χ1) is 11.8. The lowest BCUT2D eigenvalue weighted by molar-refractivity contribution is -0.137. The minimum atomic E-state index is -4.50. The van der Waals surface area contributed by atoms with Crippen LogP contribution in [0.2, 0.25) is 5.02 Å². The van der Waals surface area contributed by atoms with Crippen LogP contribution in [0.3, 0.4) is 0 Å². The summed E-state index contributed by atoms with van der Waals surface area (Å²) in [5.41, 5.74) is 0.224. The molecule has 0 amide bonds. The molecule has 134 valence electrons. The van der Waals surface area contributed by atoms with Crippen molar-refractivity contribution >= 4 is 34.6 Å². The maximum Gasteiger partial charge on any atom is 0.417 e. The molecule has 0 aliphatic carbocycles. The lowest BCUT2D eigenvalue weighted by Gasteiger charge is -2.15. The molecule has 8 heteroatoms. The van der Waals surface area contributed by atoms with Crippen LogP contribution in [0.1, 0.15) is 18.1 Å². The third-order valence-electron chi connectivity index (χ3n) is 3.22. The number of rotatable bonds is 5. The van der Waals surface area contributed by atoms with Gasteiger partial charge in [-0.3, -0.25) is 0 Å². The van der Waals surface area contributed by atoms with E-state index in [0.29, 0.717) is 23.6 Å². The van der Waals surface area contributed by atoms with Crippen LogP contribution in [0, 0.1) is 0 Å². The summed E-state index contributed by atoms with van der Waals surface area (Å²) >= 11 is 10.8. The van der Waals surface area contributed by atoms with E-state index >= 15 is 0 Å². The lowest BCUT2D eigenvalue weighted by Crippen LogP contribution is -2.28. The first kappa shape index (κ1) is 19.3. The number of thiocarbonyl (C=S) groups is 1. The van der Waals surface area contributed by atoms with Gasteiger partial charge in [0.25, 0.3) is 0 Å². The van der Waals surface area contributed by atoms with E-state index in [1.54, 1.807) is 12.1 Å². The SMILES string of the molecule is CCOc1ccccc1NC(=S)NCc1ccc(Cl)c(C(F)(F)F)c1. The van der Waals surface area contributed by atoms with Crippen LogP contribution in [0.15, 0.2) is 42.5 Å². The molecule has 2 rings (SSSR count). The molecule has 25 heavy (non-hydrogen) atoms. The number of nitrogens with one attached hydrogen (secondary N) is 2. The number of benzene rings is 2. The van der Waals surface area contributed by atoms with Crippen molar-refractivity contribution in [2.45, 2.75) is 19.6 Å². The summed E-state index contributed by atoms with van der Waals surface area (Å²) in [7, 11) is 0. The Morgan fingerprint density at radius 1 is 1.20 bits per heavy atom. The number of hydrogen-bond donors (Lipinski definition) is 2. The quantitative estimate of drug-likeness (QED) is 0.686. The van der Waals surface area contributed by atoms with E-state index in [0.717, 1.165) is 6.07 Å². The summed E-state index contributed by atoms with van der Waals surface area (Å²) in [6, 6.07) is 11.0. The predicted octanol–water partition coefficient (Wildman–Crippen LogP) is 5.24. The molecule has 3 nitrogen and oxygen atoms in total. The van der Waals surface area contributed by atoms with E-state index in [2.05, 4.69) is 10.6 Å². The van der Waals surface area contributed by atoms with Crippen molar-refractivity contribution in [3.63, 3.8) is 0 Å². The third-order valence-corrected chi connectivity index (χ3v) is 3.80. The molecule has 0 radical (unpaired) electrons. The second-order valence-corrected chi connectivity index (χ2v) is 5.86. The second-order valence-electron chi connectivity index (χ2n) is 5.05. The molecular weight excluding hydrogens is 373 g/mol. The molecule has 0 heterocycles. The van der Waals surface area contributed by atoms with Crippen molar-refractivity contribution in [2.75, 3.05) is 11.9 Å². The topological polar surface area (TPSA) is 33.3 Å². The molecule has 0 spiro atoms. The van der Waals surface area contributed by atoms with Crippen molar-refractivity contribution in [3.8, 4) is 5.75 Å². The molecule has 0 aliphatic rings. The minimum Gasteiger partial charge on any atom is -0.492 e. The van der Waals surface area contributed by atoms with Gasteiger partial charge in [-0.2, -0.15) is 13.2 Å². The maximum atomic E-state index is 12.9. The number of ether oxygens (including phenoxy) is 1. The van der Waals surface area contributed by atoms with Crippen molar-refractivity contribution in [2.24, 2.45) is 0 Å². The van der Waals surface area contributed by atoms with Gasteiger partial charge in [0.05, 0.1) is 22.9 Å². The maximum absolute atomic E-state index is 12.9. The molecule has 0 unspecified atom stereocenters. The van der Waals surface area contributed by atoms with Crippen molar-refractivity contribution in [1.82, 2.24) is 5.32 Å². The van der Waals surface area contributed by atoms with E-state index in [9.17, 15) is 13.2 Å². The summed E-state index contributed by atoms with van der Waals surface area (Å²) in [4.78, 5) is 0. The van der Waals surface area contributed by atoms with Crippen LogP contribution < -0.4 is 15.4 Å². The van der Waals surface area contributed by atoms with Gasteiger partial charge in [0, 0.05) is 6.54 Å². The molecule has 0 atom stereocenters. The Morgan fingerprint density at radius 2 is 1.92 bits per heavy atom. The normalized spacial score (nSPS) is 11.1. The highest BCUT2D eigenvalue weighted by Gasteiger charge is 2.33. The van der Waals surface area contributed by atoms with E-state index in [-0.39, 0.29) is 16.7 Å². The second kappa shape index (κ2) is 8.40. The summed E-state index contributed by atoms with van der Waals surface area (Å²) in [6.07, 6.45) is -4.50. The lowest BCUT2D eigenvalue weighted by atomic mass is 10.1. The minimum absolute atomic E-state index is 0.128. The molecule has 0 fully saturated rings. The Kier molecular flexibility index (Phi) is 6.50. The molecule has 0 bridgehead atoms. The average Bonchev–Trinajstić information content (AvgIpc) is 2.55. The standard InChI is InChI=1S/C17H16ClF3N2OS/c1-2-24-15-6-4-3-5-14(15)23-16(25)22-10-11-7-8-13(18)12(9-11)17(19,20)21/h3-9H,2,10H2,1H3,(H2,22,23,25). The Labute approximate surface area is 154 Å². The summed E-state index contributed by atoms with van der Waals surface area (Å²) in [5, 5.41) is 5.78. The van der Waals surface area contributed by atoms with Gasteiger partial charge in [-0.25, -0.2) is 0 Å². The van der Waals surface area contributed by atoms with E-state index in [1.807, 2.05) is 19.1 Å². The summed E-state index contributed by atoms with van der Waals surface area (Å²) < 4.78 is 44.1. The van der Waals surface area contributed by atoms with E-state index in [4.69, 9.17) is 28.6 Å². The fourth-order valence-corrected chi connectivity index (χ4v) is 2.51. The van der Waals surface area contributed by atoms with Gasteiger partial charge >= 0.3 is 6.18 Å². The first-order valence-corrected chi connectivity index (χ1v) is 8.22. The molecule has 2 aromatic carbocycles. The van der Waals surface area contributed by atoms with Gasteiger partial charge in [0.2, 0.25) is 0 Å². The molecule has 0 saturated heterocycles. The molecule has 2 N–H and O–H groups in total. The Morgan fingerprint density at radius 3 is 2.60 bits per heavy atom. The summed E-state index contributed by atoms with van der Waals surface area (Å²) in [5.74, 6) is 0.639. The number of alkyl halides is 3. The molecule has 0 aromatic heterocycles. The van der Waals surface area contributed by atoms with Crippen LogP contribution in [0.25, 0.3) is 0 Å². The van der Waals surface area contributed by atoms with Crippen molar-refractivity contribution in [1.29, 1.82) is 0 Å². The fraction of sp³-hybridized carbons (Fsp3) is 0.235. The van der Waals surface area contributed by atoms with Crippen LogP contribution in [0.5, 0.6) is 5.75 Å². The number of halogens is 4. The van der Waals surface area contributed by atoms with Gasteiger partial charge in [-0.05, 0) is 49.0 Å². The predicted molar refractivity (Wildman–Crippen MR) is 97.1 cm³/mol. The van der Waals surface area contributed by atoms with Gasteiger partial charge in [-0.15, -0.1) is 0 Å². The summed E-state index contributed by atoms with van der Waals surface area (Å²) in [6.45, 7) is 2.50. The Hall–Kier alpha value is -1.99. The molecule has 0 saturated carbocycles. The zero-order valence-electron chi connectivity index (χ0n) is 13.3. The first-order valence-electron chi connectivity index (χ1n) is 7.43. The van der Waals surface area contributed by atoms with Gasteiger partial charge < -0.3 is 15.4 Å². The smallest absolute Gasteiger partial charge is 0.417 e. The zero-order chi connectivity index (χ0) is 18.4. The van der Waals surface area contributed by atoms with Crippen LogP contribution >= 0.6 is 23.8 Å². The van der Waals surface area contributed by atoms with Gasteiger partial charge in [0.1, 0.15) is 5.75 Å². The highest BCUT2D eigenvalue weighted by molar-refractivity contribution is 7.80. The van der Waals surface area contributed by atoms with Gasteiger partial charge in [0.15, 0.2) is 5.11 Å². The highest BCUT2D eigenvalue weighted by atomic mass is 35.5. The Bertz CT molecular complexity index is 753. The zero-order valence-corrected chi connectivity index (χ0v) is 14.9. The van der Waals surface area contributed by atoms with Crippen LogP contribution in [-0.4, -0.2) is 11.7 Å². The molecule has 2 aromatic rings. The molecule has 0 aliphatic heterocycles. The van der Waals surface area contributed by atoms with Crippen molar-refractivity contribution in [3.05, 3.63) is 58.6 Å². The molecular formula is C17H16ClF3N2OS. The fourth-order valence-electron chi connectivity index (χ4n) is 2.10. The van der Waals surface area contributed by atoms with E-state index in [1.165, 1.54) is 12.1 Å². The monoisotopic (exact) mass is 388 g/mol. The van der Waals surface area contributed by atoms with Crippen LogP contribution in [-0.2, 0) is 12.7 Å².